The molecule has 1 N–H and O–H groups in total. The first kappa shape index (κ1) is 15.5. The topological polar surface area (TPSA) is 45.2 Å². The smallest absolute Gasteiger partial charge is 0.227 e. The molecule has 0 unspecified atom stereocenters. The normalized spacial score (nSPS) is 13.9. The van der Waals surface area contributed by atoms with Gasteiger partial charge >= 0.3 is 0 Å². The Morgan fingerprint density at radius 3 is 2.52 bits per heavy atom. The van der Waals surface area contributed by atoms with Crippen molar-refractivity contribution in [3.63, 3.8) is 0 Å². The van der Waals surface area contributed by atoms with Crippen LogP contribution in [0.4, 0.5) is 11.5 Å². The van der Waals surface area contributed by atoms with Gasteiger partial charge in [0.05, 0.1) is 11.9 Å². The molecule has 1 fully saturated rings. The van der Waals surface area contributed by atoms with E-state index in [0.29, 0.717) is 6.04 Å². The summed E-state index contributed by atoms with van der Waals surface area (Å²) >= 11 is 0. The molecule has 23 heavy (non-hydrogen) atoms. The number of hydrogen-bond acceptors (Lipinski definition) is 3. The van der Waals surface area contributed by atoms with Crippen LogP contribution in [0.3, 0.4) is 0 Å². The molecule has 1 aromatic heterocycles. The van der Waals surface area contributed by atoms with E-state index in [9.17, 15) is 4.79 Å². The van der Waals surface area contributed by atoms with Gasteiger partial charge in [-0.25, -0.2) is 4.98 Å². The van der Waals surface area contributed by atoms with Gasteiger partial charge < -0.3 is 10.2 Å². The molecule has 1 aliphatic carbocycles. The van der Waals surface area contributed by atoms with E-state index in [-0.39, 0.29) is 11.8 Å². The standard InChI is InChI=1S/C19H23N3O/c1-14(2)22(13-15-6-4-3-5-7-15)18-11-10-17(12-20-18)21-19(23)16-8-9-16/h3-7,10-12,14,16H,8-9,13H2,1-2H3,(H,21,23). The van der Waals surface area contributed by atoms with Crippen molar-refractivity contribution in [2.75, 3.05) is 10.2 Å². The minimum atomic E-state index is 0.115. The largest absolute Gasteiger partial charge is 0.350 e. The van der Waals surface area contributed by atoms with Crippen LogP contribution in [0.5, 0.6) is 0 Å². The Morgan fingerprint density at radius 1 is 1.22 bits per heavy atom. The number of aromatic nitrogens is 1. The Bertz CT molecular complexity index is 648. The number of rotatable bonds is 6. The van der Waals surface area contributed by atoms with Gasteiger partial charge in [0.25, 0.3) is 0 Å². The van der Waals surface area contributed by atoms with Gasteiger partial charge in [0.2, 0.25) is 5.91 Å². The number of carbonyl (C=O) groups is 1. The second kappa shape index (κ2) is 6.82. The van der Waals surface area contributed by atoms with Crippen LogP contribution in [0.25, 0.3) is 0 Å². The van der Waals surface area contributed by atoms with Crippen LogP contribution in [0, 0.1) is 5.92 Å². The van der Waals surface area contributed by atoms with Crippen molar-refractivity contribution in [1.29, 1.82) is 0 Å². The molecule has 1 heterocycles. The molecular weight excluding hydrogens is 286 g/mol. The number of amides is 1. The summed E-state index contributed by atoms with van der Waals surface area (Å²) in [6, 6.07) is 14.6. The first-order valence-corrected chi connectivity index (χ1v) is 8.21. The molecule has 2 aromatic rings. The van der Waals surface area contributed by atoms with E-state index in [1.54, 1.807) is 6.20 Å². The Balaban J connectivity index is 1.70. The fourth-order valence-electron chi connectivity index (χ4n) is 2.53. The van der Waals surface area contributed by atoms with Crippen molar-refractivity contribution in [2.24, 2.45) is 5.92 Å². The molecule has 1 aliphatic rings. The van der Waals surface area contributed by atoms with Gasteiger partial charge in [-0.15, -0.1) is 0 Å². The van der Waals surface area contributed by atoms with Crippen LogP contribution in [0.15, 0.2) is 48.7 Å². The number of nitrogens with zero attached hydrogens (tertiary/aromatic N) is 2. The van der Waals surface area contributed by atoms with Crippen molar-refractivity contribution < 1.29 is 4.79 Å². The Hall–Kier alpha value is -2.36. The zero-order valence-corrected chi connectivity index (χ0v) is 13.7. The molecule has 1 saturated carbocycles. The van der Waals surface area contributed by atoms with E-state index < -0.39 is 0 Å². The number of benzene rings is 1. The summed E-state index contributed by atoms with van der Waals surface area (Å²) in [7, 11) is 0. The third-order valence-corrected chi connectivity index (χ3v) is 4.08. The summed E-state index contributed by atoms with van der Waals surface area (Å²) in [6.45, 7) is 5.14. The maximum absolute atomic E-state index is 11.8. The number of anilines is 2. The number of nitrogens with one attached hydrogen (secondary N) is 1. The maximum atomic E-state index is 11.8. The molecule has 1 aromatic carbocycles. The quantitative estimate of drug-likeness (QED) is 0.881. The Kier molecular flexibility index (Phi) is 4.60. The number of pyridine rings is 1. The molecule has 0 spiro atoms. The maximum Gasteiger partial charge on any atom is 0.227 e. The monoisotopic (exact) mass is 309 g/mol. The molecule has 0 bridgehead atoms. The third-order valence-electron chi connectivity index (χ3n) is 4.08. The minimum absolute atomic E-state index is 0.115. The molecule has 1 amide bonds. The summed E-state index contributed by atoms with van der Waals surface area (Å²) < 4.78 is 0. The van der Waals surface area contributed by atoms with Crippen molar-refractivity contribution in [1.82, 2.24) is 4.98 Å². The fraction of sp³-hybridized carbons (Fsp3) is 0.368. The zero-order valence-electron chi connectivity index (χ0n) is 13.7. The Labute approximate surface area is 137 Å². The minimum Gasteiger partial charge on any atom is -0.350 e. The third kappa shape index (κ3) is 4.09. The van der Waals surface area contributed by atoms with E-state index >= 15 is 0 Å². The molecular formula is C19H23N3O. The summed E-state index contributed by atoms with van der Waals surface area (Å²) in [5, 5.41) is 2.93. The van der Waals surface area contributed by atoms with Crippen molar-refractivity contribution in [3.8, 4) is 0 Å². The average molecular weight is 309 g/mol. The highest BCUT2D eigenvalue weighted by Crippen LogP contribution is 2.30. The fourth-order valence-corrected chi connectivity index (χ4v) is 2.53. The van der Waals surface area contributed by atoms with Gasteiger partial charge in [0.15, 0.2) is 0 Å². The molecule has 4 heteroatoms. The van der Waals surface area contributed by atoms with E-state index in [4.69, 9.17) is 0 Å². The van der Waals surface area contributed by atoms with Gasteiger partial charge in [-0.3, -0.25) is 4.79 Å². The molecule has 0 aliphatic heterocycles. The molecule has 0 saturated heterocycles. The summed E-state index contributed by atoms with van der Waals surface area (Å²) in [6.07, 6.45) is 3.76. The second-order valence-electron chi connectivity index (χ2n) is 6.38. The lowest BCUT2D eigenvalue weighted by atomic mass is 10.2. The van der Waals surface area contributed by atoms with Crippen LogP contribution in [0.1, 0.15) is 32.3 Å². The number of hydrogen-bond donors (Lipinski definition) is 1. The first-order valence-electron chi connectivity index (χ1n) is 8.21. The van der Waals surface area contributed by atoms with Gasteiger partial charge in [-0.1, -0.05) is 30.3 Å². The highest BCUT2D eigenvalue weighted by Gasteiger charge is 2.29. The Morgan fingerprint density at radius 2 is 1.96 bits per heavy atom. The molecule has 0 atom stereocenters. The molecule has 3 rings (SSSR count). The summed E-state index contributed by atoms with van der Waals surface area (Å²) in [4.78, 5) is 18.6. The van der Waals surface area contributed by atoms with Gasteiger partial charge in [0.1, 0.15) is 5.82 Å². The van der Waals surface area contributed by atoms with Gasteiger partial charge in [-0.05, 0) is 44.4 Å². The van der Waals surface area contributed by atoms with E-state index in [0.717, 1.165) is 30.9 Å². The van der Waals surface area contributed by atoms with Crippen LogP contribution in [0.2, 0.25) is 0 Å². The van der Waals surface area contributed by atoms with E-state index in [1.165, 1.54) is 5.56 Å². The van der Waals surface area contributed by atoms with E-state index in [2.05, 4.69) is 53.3 Å². The van der Waals surface area contributed by atoms with Crippen molar-refractivity contribution >= 4 is 17.4 Å². The number of carbonyl (C=O) groups excluding carboxylic acids is 1. The molecule has 4 nitrogen and oxygen atoms in total. The highest BCUT2D eigenvalue weighted by atomic mass is 16.2. The van der Waals surface area contributed by atoms with Crippen LogP contribution in [-0.4, -0.2) is 16.9 Å². The predicted molar refractivity (Wildman–Crippen MR) is 93.4 cm³/mol. The van der Waals surface area contributed by atoms with E-state index in [1.807, 2.05) is 18.2 Å². The first-order chi connectivity index (χ1) is 11.1. The van der Waals surface area contributed by atoms with Crippen LogP contribution >= 0.6 is 0 Å². The molecule has 120 valence electrons. The average Bonchev–Trinajstić information content (AvgIpc) is 3.39. The second-order valence-corrected chi connectivity index (χ2v) is 6.38. The van der Waals surface area contributed by atoms with Crippen molar-refractivity contribution in [2.45, 2.75) is 39.3 Å². The lowest BCUT2D eigenvalue weighted by Gasteiger charge is -2.28. The van der Waals surface area contributed by atoms with Crippen LogP contribution < -0.4 is 10.2 Å². The summed E-state index contributed by atoms with van der Waals surface area (Å²) in [5.74, 6) is 1.25. The van der Waals surface area contributed by atoms with Crippen molar-refractivity contribution in [3.05, 3.63) is 54.2 Å². The summed E-state index contributed by atoms with van der Waals surface area (Å²) in [5.41, 5.74) is 2.03. The van der Waals surface area contributed by atoms with Gasteiger partial charge in [-0.2, -0.15) is 0 Å². The van der Waals surface area contributed by atoms with Gasteiger partial charge in [0, 0.05) is 18.5 Å². The molecule has 0 radical (unpaired) electrons. The lowest BCUT2D eigenvalue weighted by molar-refractivity contribution is -0.117. The predicted octanol–water partition coefficient (Wildman–Crippen LogP) is 3.85. The highest BCUT2D eigenvalue weighted by molar-refractivity contribution is 5.93. The zero-order chi connectivity index (χ0) is 16.2. The van der Waals surface area contributed by atoms with Crippen LogP contribution in [-0.2, 0) is 11.3 Å². The lowest BCUT2D eigenvalue weighted by Crippen LogP contribution is -2.30. The SMILES string of the molecule is CC(C)N(Cc1ccccc1)c1ccc(NC(=O)C2CC2)cn1.